The van der Waals surface area contributed by atoms with Crippen molar-refractivity contribution in [2.75, 3.05) is 13.1 Å². The monoisotopic (exact) mass is 335 g/mol. The van der Waals surface area contributed by atoms with Gasteiger partial charge in [-0.1, -0.05) is 16.8 Å². The third-order valence-electron chi connectivity index (χ3n) is 4.26. The van der Waals surface area contributed by atoms with E-state index in [2.05, 4.69) is 15.2 Å². The quantitative estimate of drug-likeness (QED) is 0.620. The second-order valence-corrected chi connectivity index (χ2v) is 6.31. The fourth-order valence-electron chi connectivity index (χ4n) is 3.02. The molecule has 1 aliphatic rings. The summed E-state index contributed by atoms with van der Waals surface area (Å²) >= 11 is 5.99. The van der Waals surface area contributed by atoms with Crippen LogP contribution in [0.15, 0.2) is 30.6 Å². The van der Waals surface area contributed by atoms with Crippen molar-refractivity contribution in [2.45, 2.75) is 25.9 Å². The Morgan fingerprint density at radius 1 is 1.35 bits per heavy atom. The Morgan fingerprint density at radius 3 is 2.78 bits per heavy atom. The molecule has 7 nitrogen and oxygen atoms in total. The average Bonchev–Trinajstić information content (AvgIpc) is 3.02. The van der Waals surface area contributed by atoms with E-state index >= 15 is 0 Å². The van der Waals surface area contributed by atoms with E-state index in [9.17, 15) is 10.1 Å². The normalized spacial score (nSPS) is 16.6. The Hall–Kier alpha value is -1.99. The Kier molecular flexibility index (Phi) is 4.88. The van der Waals surface area contributed by atoms with Crippen molar-refractivity contribution in [3.05, 3.63) is 51.3 Å². The summed E-state index contributed by atoms with van der Waals surface area (Å²) < 4.78 is 1.86. The molecule has 0 spiro atoms. The molecular formula is C15H18ClN5O2. The van der Waals surface area contributed by atoms with Gasteiger partial charge in [0.15, 0.2) is 0 Å². The first kappa shape index (κ1) is 15.9. The molecule has 1 aromatic carbocycles. The van der Waals surface area contributed by atoms with Gasteiger partial charge in [0.25, 0.3) is 5.69 Å². The highest BCUT2D eigenvalue weighted by molar-refractivity contribution is 6.30. The number of nitrogens with zero attached hydrogens (tertiary/aromatic N) is 5. The predicted molar refractivity (Wildman–Crippen MR) is 86.1 cm³/mol. The second kappa shape index (κ2) is 7.06. The van der Waals surface area contributed by atoms with Crippen LogP contribution in [0.4, 0.5) is 5.69 Å². The third-order valence-corrected chi connectivity index (χ3v) is 4.49. The lowest BCUT2D eigenvalue weighted by Gasteiger charge is -2.31. The fraction of sp³-hybridized carbons (Fsp3) is 0.467. The van der Waals surface area contributed by atoms with Gasteiger partial charge in [-0.3, -0.25) is 19.7 Å². The van der Waals surface area contributed by atoms with E-state index in [0.717, 1.165) is 32.5 Å². The number of hydrogen-bond donors (Lipinski definition) is 0. The molecular weight excluding hydrogens is 318 g/mol. The van der Waals surface area contributed by atoms with Crippen LogP contribution in [0.1, 0.15) is 18.4 Å². The van der Waals surface area contributed by atoms with Crippen LogP contribution < -0.4 is 0 Å². The average molecular weight is 336 g/mol. The van der Waals surface area contributed by atoms with Crippen LogP contribution in [-0.4, -0.2) is 37.9 Å². The molecule has 0 radical (unpaired) electrons. The lowest BCUT2D eigenvalue weighted by Crippen LogP contribution is -2.34. The molecule has 1 fully saturated rings. The maximum absolute atomic E-state index is 11.1. The molecule has 0 N–H and O–H groups in total. The highest BCUT2D eigenvalue weighted by atomic mass is 35.5. The lowest BCUT2D eigenvalue weighted by molar-refractivity contribution is -0.385. The van der Waals surface area contributed by atoms with Crippen molar-refractivity contribution >= 4 is 17.3 Å². The van der Waals surface area contributed by atoms with E-state index in [-0.39, 0.29) is 10.6 Å². The van der Waals surface area contributed by atoms with Crippen LogP contribution in [0.3, 0.4) is 0 Å². The van der Waals surface area contributed by atoms with Crippen molar-refractivity contribution in [3.8, 4) is 0 Å². The van der Waals surface area contributed by atoms with Crippen molar-refractivity contribution in [1.29, 1.82) is 0 Å². The predicted octanol–water partition coefficient (Wildman–Crippen LogP) is 2.75. The number of nitro benzene ring substituents is 1. The Balaban J connectivity index is 1.58. The minimum Gasteiger partial charge on any atom is -0.299 e. The van der Waals surface area contributed by atoms with Gasteiger partial charge in [-0.2, -0.15) is 0 Å². The van der Waals surface area contributed by atoms with Gasteiger partial charge >= 0.3 is 0 Å². The Morgan fingerprint density at radius 2 is 2.13 bits per heavy atom. The summed E-state index contributed by atoms with van der Waals surface area (Å²) in [6, 6.07) is 4.74. The third kappa shape index (κ3) is 4.05. The molecule has 1 saturated heterocycles. The van der Waals surface area contributed by atoms with Gasteiger partial charge in [-0.15, -0.1) is 5.10 Å². The number of benzene rings is 1. The lowest BCUT2D eigenvalue weighted by atomic mass is 9.96. The van der Waals surface area contributed by atoms with Gasteiger partial charge in [-0.25, -0.2) is 0 Å². The van der Waals surface area contributed by atoms with Crippen LogP contribution in [0.25, 0.3) is 0 Å². The van der Waals surface area contributed by atoms with E-state index in [1.54, 1.807) is 18.3 Å². The van der Waals surface area contributed by atoms with E-state index in [4.69, 9.17) is 11.6 Å². The number of hydrogen-bond acceptors (Lipinski definition) is 5. The molecule has 2 heterocycles. The molecule has 122 valence electrons. The summed E-state index contributed by atoms with van der Waals surface area (Å²) in [6.07, 6.45) is 5.66. The number of nitro groups is 1. The molecule has 0 unspecified atom stereocenters. The van der Waals surface area contributed by atoms with Crippen LogP contribution in [0.5, 0.6) is 0 Å². The standard InChI is InChI=1S/C15H18ClN5O2/c16-14-1-2-15(21(22)23)13(9-14)11-19-6-3-12(4-7-19)10-20-8-5-17-18-20/h1-2,5,8-9,12H,3-4,6-7,10-11H2. The van der Waals surface area contributed by atoms with Gasteiger partial charge in [0.05, 0.1) is 11.1 Å². The maximum atomic E-state index is 11.1. The molecule has 0 bridgehead atoms. The first-order chi connectivity index (χ1) is 11.1. The highest BCUT2D eigenvalue weighted by Crippen LogP contribution is 2.26. The molecule has 8 heteroatoms. The number of likely N-dealkylation sites (tertiary alicyclic amines) is 1. The fourth-order valence-corrected chi connectivity index (χ4v) is 3.22. The first-order valence-electron chi connectivity index (χ1n) is 7.61. The van der Waals surface area contributed by atoms with Gasteiger partial charge in [0.2, 0.25) is 0 Å². The molecule has 0 aliphatic carbocycles. The number of rotatable bonds is 5. The van der Waals surface area contributed by atoms with Gasteiger partial charge in [0, 0.05) is 35.9 Å². The molecule has 0 saturated carbocycles. The molecule has 0 amide bonds. The largest absolute Gasteiger partial charge is 0.299 e. The SMILES string of the molecule is O=[N+]([O-])c1ccc(Cl)cc1CN1CCC(Cn2ccnn2)CC1. The van der Waals surface area contributed by atoms with E-state index in [1.165, 1.54) is 6.07 Å². The highest BCUT2D eigenvalue weighted by Gasteiger charge is 2.22. The summed E-state index contributed by atoms with van der Waals surface area (Å²) in [6.45, 7) is 3.28. The summed E-state index contributed by atoms with van der Waals surface area (Å²) in [5.41, 5.74) is 0.816. The smallest absolute Gasteiger partial charge is 0.273 e. The van der Waals surface area contributed by atoms with Gasteiger partial charge < -0.3 is 0 Å². The molecule has 2 aromatic rings. The Bertz CT molecular complexity index is 669. The zero-order chi connectivity index (χ0) is 16.2. The van der Waals surface area contributed by atoms with Crippen LogP contribution in [-0.2, 0) is 13.1 Å². The van der Waals surface area contributed by atoms with E-state index in [0.29, 0.717) is 23.0 Å². The minimum absolute atomic E-state index is 0.138. The molecule has 0 atom stereocenters. The second-order valence-electron chi connectivity index (χ2n) is 5.87. The molecule has 1 aromatic heterocycles. The van der Waals surface area contributed by atoms with E-state index < -0.39 is 0 Å². The maximum Gasteiger partial charge on any atom is 0.273 e. The number of piperidine rings is 1. The summed E-state index contributed by atoms with van der Waals surface area (Å²) in [5, 5.41) is 19.5. The number of halogens is 1. The van der Waals surface area contributed by atoms with Crippen LogP contribution in [0, 0.1) is 16.0 Å². The van der Waals surface area contributed by atoms with Crippen molar-refractivity contribution in [3.63, 3.8) is 0 Å². The van der Waals surface area contributed by atoms with Crippen LogP contribution in [0.2, 0.25) is 5.02 Å². The van der Waals surface area contributed by atoms with Gasteiger partial charge in [-0.05, 0) is 44.0 Å². The minimum atomic E-state index is -0.344. The zero-order valence-electron chi connectivity index (χ0n) is 12.6. The Labute approximate surface area is 139 Å². The van der Waals surface area contributed by atoms with E-state index in [1.807, 2.05) is 10.9 Å². The van der Waals surface area contributed by atoms with Crippen molar-refractivity contribution in [2.24, 2.45) is 5.92 Å². The van der Waals surface area contributed by atoms with Gasteiger partial charge in [0.1, 0.15) is 0 Å². The van der Waals surface area contributed by atoms with Crippen LogP contribution >= 0.6 is 11.6 Å². The first-order valence-corrected chi connectivity index (χ1v) is 7.99. The summed E-state index contributed by atoms with van der Waals surface area (Å²) in [7, 11) is 0. The molecule has 3 rings (SSSR count). The molecule has 23 heavy (non-hydrogen) atoms. The zero-order valence-corrected chi connectivity index (χ0v) is 13.4. The van der Waals surface area contributed by atoms with Crippen molar-refractivity contribution < 1.29 is 4.92 Å². The molecule has 1 aliphatic heterocycles. The topological polar surface area (TPSA) is 77.1 Å². The summed E-state index contributed by atoms with van der Waals surface area (Å²) in [5.74, 6) is 0.572. The summed E-state index contributed by atoms with van der Waals surface area (Å²) in [4.78, 5) is 13.0. The van der Waals surface area contributed by atoms with Crippen molar-refractivity contribution in [1.82, 2.24) is 19.9 Å². The number of aromatic nitrogens is 3.